The van der Waals surface area contributed by atoms with Crippen LogP contribution >= 0.6 is 0 Å². The van der Waals surface area contributed by atoms with Gasteiger partial charge in [0.2, 0.25) is 0 Å². The van der Waals surface area contributed by atoms with Crippen LogP contribution in [0, 0.1) is 11.3 Å². The van der Waals surface area contributed by atoms with Gasteiger partial charge in [-0.2, -0.15) is 0 Å². The molecule has 1 aliphatic carbocycles. The number of amides is 2. The van der Waals surface area contributed by atoms with Gasteiger partial charge in [-0.05, 0) is 45.4 Å². The number of carboxylic acid groups (broad SMARTS) is 1. The minimum atomic E-state index is -0.932. The molecule has 1 rings (SSSR count). The van der Waals surface area contributed by atoms with Crippen LogP contribution < -0.4 is 10.6 Å². The summed E-state index contributed by atoms with van der Waals surface area (Å²) in [5, 5.41) is 14.5. The zero-order valence-electron chi connectivity index (χ0n) is 11.5. The normalized spacial score (nSPS) is 24.4. The van der Waals surface area contributed by atoms with Crippen molar-refractivity contribution >= 4 is 12.0 Å². The van der Waals surface area contributed by atoms with Gasteiger partial charge < -0.3 is 15.7 Å². The zero-order chi connectivity index (χ0) is 13.8. The lowest BCUT2D eigenvalue weighted by molar-refractivity contribution is -0.146. The van der Waals surface area contributed by atoms with Crippen molar-refractivity contribution in [1.82, 2.24) is 10.6 Å². The second-order valence-electron chi connectivity index (χ2n) is 5.97. The van der Waals surface area contributed by atoms with Crippen LogP contribution in [0.5, 0.6) is 0 Å². The predicted octanol–water partition coefficient (Wildman–Crippen LogP) is 1.98. The molecule has 0 atom stereocenters. The molecule has 0 unspecified atom stereocenters. The Bertz CT molecular complexity index is 307. The molecule has 0 aliphatic heterocycles. The minimum absolute atomic E-state index is 0.136. The van der Waals surface area contributed by atoms with E-state index in [1.54, 1.807) is 13.8 Å². The largest absolute Gasteiger partial charge is 0.481 e. The number of aliphatic carboxylic acids is 1. The number of carbonyl (C=O) groups is 2. The van der Waals surface area contributed by atoms with Gasteiger partial charge in [0, 0.05) is 12.6 Å². The van der Waals surface area contributed by atoms with Crippen LogP contribution in [-0.4, -0.2) is 29.7 Å². The Balaban J connectivity index is 2.28. The molecule has 1 aliphatic rings. The van der Waals surface area contributed by atoms with Gasteiger partial charge >= 0.3 is 12.0 Å². The molecule has 0 heterocycles. The maximum absolute atomic E-state index is 11.6. The monoisotopic (exact) mass is 256 g/mol. The number of hydrogen-bond acceptors (Lipinski definition) is 2. The van der Waals surface area contributed by atoms with Crippen molar-refractivity contribution in [2.75, 3.05) is 6.54 Å². The molecule has 0 spiro atoms. The Morgan fingerprint density at radius 3 is 2.28 bits per heavy atom. The number of carbonyl (C=O) groups excluding carboxylic acids is 1. The summed E-state index contributed by atoms with van der Waals surface area (Å²) in [7, 11) is 0. The van der Waals surface area contributed by atoms with Crippen molar-refractivity contribution in [2.24, 2.45) is 11.3 Å². The van der Waals surface area contributed by atoms with Gasteiger partial charge in [-0.1, -0.05) is 6.92 Å². The summed E-state index contributed by atoms with van der Waals surface area (Å²) in [4.78, 5) is 22.5. The molecule has 0 aromatic rings. The minimum Gasteiger partial charge on any atom is -0.481 e. The second-order valence-corrected chi connectivity index (χ2v) is 5.97. The van der Waals surface area contributed by atoms with Crippen molar-refractivity contribution in [1.29, 1.82) is 0 Å². The Kier molecular flexibility index (Phi) is 4.99. The number of rotatable bonds is 4. The average molecular weight is 256 g/mol. The molecule has 104 valence electrons. The highest BCUT2D eigenvalue weighted by Crippen LogP contribution is 2.23. The van der Waals surface area contributed by atoms with Gasteiger partial charge in [0.1, 0.15) is 0 Å². The smallest absolute Gasteiger partial charge is 0.315 e. The van der Waals surface area contributed by atoms with Gasteiger partial charge in [-0.25, -0.2) is 4.79 Å². The third-order valence-electron chi connectivity index (χ3n) is 3.62. The van der Waals surface area contributed by atoms with E-state index in [0.29, 0.717) is 0 Å². The molecule has 0 saturated heterocycles. The maximum Gasteiger partial charge on any atom is 0.315 e. The van der Waals surface area contributed by atoms with Crippen molar-refractivity contribution in [3.05, 3.63) is 0 Å². The molecule has 1 fully saturated rings. The van der Waals surface area contributed by atoms with Crippen LogP contribution in [-0.2, 0) is 4.79 Å². The Hall–Kier alpha value is -1.26. The summed E-state index contributed by atoms with van der Waals surface area (Å²) in [5.74, 6) is -0.161. The molecule has 2 amide bonds. The predicted molar refractivity (Wildman–Crippen MR) is 69.4 cm³/mol. The van der Waals surface area contributed by atoms with Crippen LogP contribution in [0.1, 0.15) is 46.5 Å². The lowest BCUT2D eigenvalue weighted by Gasteiger charge is -2.27. The highest BCUT2D eigenvalue weighted by molar-refractivity contribution is 5.77. The molecule has 5 heteroatoms. The lowest BCUT2D eigenvalue weighted by atomic mass is 9.87. The second kappa shape index (κ2) is 6.07. The quantitative estimate of drug-likeness (QED) is 0.719. The first kappa shape index (κ1) is 14.8. The standard InChI is InChI=1S/C13H24N2O3/c1-9-4-6-10(7-5-9)15-12(18)14-8-13(2,3)11(16)17/h9-10H,4-8H2,1-3H3,(H,16,17)(H2,14,15,18). The number of hydrogen-bond donors (Lipinski definition) is 3. The molecule has 18 heavy (non-hydrogen) atoms. The van der Waals surface area contributed by atoms with Gasteiger partial charge in [0.05, 0.1) is 5.41 Å². The SMILES string of the molecule is CC1CCC(NC(=O)NCC(C)(C)C(=O)O)CC1. The van der Waals surface area contributed by atoms with Crippen LogP contribution in [0.15, 0.2) is 0 Å². The zero-order valence-corrected chi connectivity index (χ0v) is 11.5. The van der Waals surface area contributed by atoms with E-state index in [4.69, 9.17) is 5.11 Å². The summed E-state index contributed by atoms with van der Waals surface area (Å²) >= 11 is 0. The topological polar surface area (TPSA) is 78.4 Å². The molecule has 3 N–H and O–H groups in total. The number of urea groups is 1. The Labute approximate surface area is 108 Å². The fourth-order valence-electron chi connectivity index (χ4n) is 2.02. The summed E-state index contributed by atoms with van der Waals surface area (Å²) in [6.07, 6.45) is 4.31. The van der Waals surface area contributed by atoms with Crippen molar-refractivity contribution in [2.45, 2.75) is 52.5 Å². The van der Waals surface area contributed by atoms with Crippen molar-refractivity contribution < 1.29 is 14.7 Å². The maximum atomic E-state index is 11.6. The van der Waals surface area contributed by atoms with E-state index in [9.17, 15) is 9.59 Å². The van der Waals surface area contributed by atoms with E-state index in [1.165, 1.54) is 0 Å². The highest BCUT2D eigenvalue weighted by Gasteiger charge is 2.28. The van der Waals surface area contributed by atoms with Gasteiger partial charge in [0.15, 0.2) is 0 Å². The third-order valence-corrected chi connectivity index (χ3v) is 3.62. The van der Waals surface area contributed by atoms with Gasteiger partial charge in [-0.15, -0.1) is 0 Å². The molecule has 0 bridgehead atoms. The molecular weight excluding hydrogens is 232 g/mol. The van der Waals surface area contributed by atoms with Crippen LogP contribution in [0.2, 0.25) is 0 Å². The Morgan fingerprint density at radius 1 is 1.22 bits per heavy atom. The third kappa shape index (κ3) is 4.55. The molecule has 0 aromatic heterocycles. The first-order valence-corrected chi connectivity index (χ1v) is 6.59. The van der Waals surface area contributed by atoms with Crippen LogP contribution in [0.4, 0.5) is 4.79 Å². The summed E-state index contributed by atoms with van der Waals surface area (Å²) in [6.45, 7) is 5.55. The van der Waals surface area contributed by atoms with E-state index in [2.05, 4.69) is 17.6 Å². The van der Waals surface area contributed by atoms with Crippen molar-refractivity contribution in [3.8, 4) is 0 Å². The molecule has 0 aromatic carbocycles. The first-order valence-electron chi connectivity index (χ1n) is 6.59. The fraction of sp³-hybridized carbons (Fsp3) is 0.846. The van der Waals surface area contributed by atoms with E-state index in [-0.39, 0.29) is 18.6 Å². The molecule has 0 radical (unpaired) electrons. The highest BCUT2D eigenvalue weighted by atomic mass is 16.4. The molecule has 1 saturated carbocycles. The van der Waals surface area contributed by atoms with Crippen LogP contribution in [0.3, 0.4) is 0 Å². The van der Waals surface area contributed by atoms with Crippen LogP contribution in [0.25, 0.3) is 0 Å². The lowest BCUT2D eigenvalue weighted by Crippen LogP contribution is -2.47. The summed E-state index contributed by atoms with van der Waals surface area (Å²) in [5.41, 5.74) is -0.932. The van der Waals surface area contributed by atoms with E-state index >= 15 is 0 Å². The molecular formula is C13H24N2O3. The average Bonchev–Trinajstić information content (AvgIpc) is 2.29. The van der Waals surface area contributed by atoms with Crippen molar-refractivity contribution in [3.63, 3.8) is 0 Å². The molecule has 5 nitrogen and oxygen atoms in total. The Morgan fingerprint density at radius 2 is 1.78 bits per heavy atom. The number of nitrogens with one attached hydrogen (secondary N) is 2. The van der Waals surface area contributed by atoms with E-state index in [0.717, 1.165) is 31.6 Å². The summed E-state index contributed by atoms with van der Waals surface area (Å²) < 4.78 is 0. The first-order chi connectivity index (χ1) is 8.31. The summed E-state index contributed by atoms with van der Waals surface area (Å²) in [6, 6.07) is -0.0296. The van der Waals surface area contributed by atoms with Gasteiger partial charge in [0.25, 0.3) is 0 Å². The number of carboxylic acids is 1. The van der Waals surface area contributed by atoms with Gasteiger partial charge in [-0.3, -0.25) is 4.79 Å². The van der Waals surface area contributed by atoms with E-state index < -0.39 is 11.4 Å². The fourth-order valence-corrected chi connectivity index (χ4v) is 2.02. The van der Waals surface area contributed by atoms with E-state index in [1.807, 2.05) is 0 Å².